The molecule has 0 spiro atoms. The van der Waals surface area contributed by atoms with Crippen molar-refractivity contribution in [3.8, 4) is 11.5 Å². The molecular formula is C17H18N2O3. The van der Waals surface area contributed by atoms with Gasteiger partial charge in [0, 0.05) is 0 Å². The van der Waals surface area contributed by atoms with Crippen molar-refractivity contribution in [2.24, 2.45) is 5.10 Å². The molecule has 0 unspecified atom stereocenters. The summed E-state index contributed by atoms with van der Waals surface area (Å²) in [7, 11) is 3.22. The van der Waals surface area contributed by atoms with Crippen LogP contribution in [-0.2, 0) is 11.2 Å². The largest absolute Gasteiger partial charge is 0.497 e. The van der Waals surface area contributed by atoms with Crippen molar-refractivity contribution in [1.29, 1.82) is 0 Å². The van der Waals surface area contributed by atoms with Gasteiger partial charge in [0.25, 0.3) is 0 Å². The molecule has 0 saturated carbocycles. The molecule has 5 nitrogen and oxygen atoms in total. The number of rotatable bonds is 6. The third-order valence-corrected chi connectivity index (χ3v) is 3.04. The Labute approximate surface area is 129 Å². The second kappa shape index (κ2) is 7.83. The molecule has 114 valence electrons. The highest BCUT2D eigenvalue weighted by molar-refractivity contribution is 5.83. The van der Waals surface area contributed by atoms with Gasteiger partial charge in [-0.15, -0.1) is 0 Å². The summed E-state index contributed by atoms with van der Waals surface area (Å²) in [4.78, 5) is 11.8. The molecule has 0 heterocycles. The highest BCUT2D eigenvalue weighted by Crippen LogP contribution is 2.11. The fourth-order valence-corrected chi connectivity index (χ4v) is 1.84. The van der Waals surface area contributed by atoms with Crippen molar-refractivity contribution in [3.63, 3.8) is 0 Å². The first-order valence-electron chi connectivity index (χ1n) is 6.80. The number of nitrogens with one attached hydrogen (secondary N) is 1. The molecule has 0 aliphatic rings. The summed E-state index contributed by atoms with van der Waals surface area (Å²) in [5, 5.41) is 3.94. The van der Waals surface area contributed by atoms with Gasteiger partial charge in [-0.25, -0.2) is 5.43 Å². The van der Waals surface area contributed by atoms with Gasteiger partial charge in [-0.1, -0.05) is 12.1 Å². The molecule has 22 heavy (non-hydrogen) atoms. The number of nitrogens with zero attached hydrogens (tertiary/aromatic N) is 1. The Kier molecular flexibility index (Phi) is 5.54. The van der Waals surface area contributed by atoms with Crippen LogP contribution in [-0.4, -0.2) is 26.3 Å². The van der Waals surface area contributed by atoms with Crippen LogP contribution in [0.25, 0.3) is 0 Å². The summed E-state index contributed by atoms with van der Waals surface area (Å²) in [6.07, 6.45) is 1.86. The molecule has 2 aromatic carbocycles. The van der Waals surface area contributed by atoms with Crippen molar-refractivity contribution in [2.45, 2.75) is 6.42 Å². The Balaban J connectivity index is 1.84. The third kappa shape index (κ3) is 4.63. The fraction of sp³-hybridized carbons (Fsp3) is 0.176. The number of carbonyl (C=O) groups excluding carboxylic acids is 1. The van der Waals surface area contributed by atoms with Crippen molar-refractivity contribution < 1.29 is 14.3 Å². The van der Waals surface area contributed by atoms with E-state index in [1.807, 2.05) is 48.5 Å². The first-order valence-corrected chi connectivity index (χ1v) is 6.80. The van der Waals surface area contributed by atoms with Gasteiger partial charge in [0.1, 0.15) is 11.5 Å². The van der Waals surface area contributed by atoms with Gasteiger partial charge in [-0.05, 0) is 47.5 Å². The van der Waals surface area contributed by atoms with Gasteiger partial charge in [-0.2, -0.15) is 5.10 Å². The fourth-order valence-electron chi connectivity index (χ4n) is 1.84. The van der Waals surface area contributed by atoms with Gasteiger partial charge >= 0.3 is 0 Å². The first-order chi connectivity index (χ1) is 10.7. The van der Waals surface area contributed by atoms with Crippen LogP contribution in [0.2, 0.25) is 0 Å². The van der Waals surface area contributed by atoms with Crippen LogP contribution in [0, 0.1) is 0 Å². The third-order valence-electron chi connectivity index (χ3n) is 3.04. The lowest BCUT2D eigenvalue weighted by atomic mass is 10.1. The molecule has 2 aromatic rings. The molecule has 0 aromatic heterocycles. The Morgan fingerprint density at radius 2 is 1.55 bits per heavy atom. The molecule has 5 heteroatoms. The van der Waals surface area contributed by atoms with E-state index in [0.717, 1.165) is 22.6 Å². The molecule has 0 aliphatic heterocycles. The quantitative estimate of drug-likeness (QED) is 0.658. The highest BCUT2D eigenvalue weighted by Gasteiger charge is 2.02. The molecule has 1 N–H and O–H groups in total. The predicted molar refractivity (Wildman–Crippen MR) is 85.4 cm³/mol. The maximum atomic E-state index is 11.8. The molecule has 1 amide bonds. The summed E-state index contributed by atoms with van der Waals surface area (Å²) >= 11 is 0. The average Bonchev–Trinajstić information content (AvgIpc) is 2.56. The topological polar surface area (TPSA) is 59.9 Å². The van der Waals surface area contributed by atoms with Crippen LogP contribution >= 0.6 is 0 Å². The second-order valence-electron chi connectivity index (χ2n) is 4.59. The van der Waals surface area contributed by atoms with Crippen LogP contribution in [0.3, 0.4) is 0 Å². The molecule has 0 saturated heterocycles. The Bertz CT molecular complexity index is 634. The van der Waals surface area contributed by atoms with E-state index >= 15 is 0 Å². The van der Waals surface area contributed by atoms with Crippen molar-refractivity contribution in [2.75, 3.05) is 14.2 Å². The number of methoxy groups -OCH3 is 2. The summed E-state index contributed by atoms with van der Waals surface area (Å²) in [5.41, 5.74) is 4.29. The minimum absolute atomic E-state index is 0.171. The van der Waals surface area contributed by atoms with Gasteiger partial charge < -0.3 is 9.47 Å². The molecule has 0 fully saturated rings. The summed E-state index contributed by atoms with van der Waals surface area (Å²) in [6.45, 7) is 0. The number of carbonyl (C=O) groups is 1. The van der Waals surface area contributed by atoms with Crippen molar-refractivity contribution >= 4 is 12.1 Å². The van der Waals surface area contributed by atoms with E-state index in [2.05, 4.69) is 10.5 Å². The van der Waals surface area contributed by atoms with Crippen molar-refractivity contribution in [1.82, 2.24) is 5.43 Å². The average molecular weight is 298 g/mol. The van der Waals surface area contributed by atoms with E-state index in [1.54, 1.807) is 20.4 Å². The molecule has 0 radical (unpaired) electrons. The van der Waals surface area contributed by atoms with E-state index in [9.17, 15) is 4.79 Å². The van der Waals surface area contributed by atoms with Gasteiger partial charge in [0.15, 0.2) is 0 Å². The zero-order valence-electron chi connectivity index (χ0n) is 12.6. The zero-order valence-corrected chi connectivity index (χ0v) is 12.6. The standard InChI is InChI=1S/C17H18N2O3/c1-21-15-7-3-13(4-8-15)11-17(20)19-18-12-14-5-9-16(22-2)10-6-14/h3-10,12H,11H2,1-2H3,(H,19,20). The smallest absolute Gasteiger partial charge is 0.244 e. The normalized spacial score (nSPS) is 10.5. The Morgan fingerprint density at radius 3 is 2.09 bits per heavy atom. The number of hydrogen-bond acceptors (Lipinski definition) is 4. The second-order valence-corrected chi connectivity index (χ2v) is 4.59. The maximum Gasteiger partial charge on any atom is 0.244 e. The minimum Gasteiger partial charge on any atom is -0.497 e. The lowest BCUT2D eigenvalue weighted by Gasteiger charge is -2.03. The summed E-state index contributed by atoms with van der Waals surface area (Å²) in [6, 6.07) is 14.7. The number of hydrogen-bond donors (Lipinski definition) is 1. The number of hydrazone groups is 1. The Hall–Kier alpha value is -2.82. The highest BCUT2D eigenvalue weighted by atomic mass is 16.5. The van der Waals surface area contributed by atoms with E-state index < -0.39 is 0 Å². The van der Waals surface area contributed by atoms with E-state index in [-0.39, 0.29) is 12.3 Å². The van der Waals surface area contributed by atoms with Crippen LogP contribution in [0.5, 0.6) is 11.5 Å². The number of ether oxygens (including phenoxy) is 2. The minimum atomic E-state index is -0.171. The SMILES string of the molecule is COc1ccc(C=NNC(=O)Cc2ccc(OC)cc2)cc1. The van der Waals surface area contributed by atoms with Crippen LogP contribution in [0.4, 0.5) is 0 Å². The molecule has 0 bridgehead atoms. The Morgan fingerprint density at radius 1 is 1.00 bits per heavy atom. The maximum absolute atomic E-state index is 11.8. The van der Waals surface area contributed by atoms with Crippen LogP contribution < -0.4 is 14.9 Å². The lowest BCUT2D eigenvalue weighted by Crippen LogP contribution is -2.19. The predicted octanol–water partition coefficient (Wildman–Crippen LogP) is 2.40. The summed E-state index contributed by atoms with van der Waals surface area (Å²) < 4.78 is 10.1. The molecular weight excluding hydrogens is 280 g/mol. The molecule has 2 rings (SSSR count). The number of amides is 1. The van der Waals surface area contributed by atoms with E-state index in [1.165, 1.54) is 0 Å². The molecule has 0 aliphatic carbocycles. The monoisotopic (exact) mass is 298 g/mol. The van der Waals surface area contributed by atoms with Crippen molar-refractivity contribution in [3.05, 3.63) is 59.7 Å². The zero-order chi connectivity index (χ0) is 15.8. The van der Waals surface area contributed by atoms with Gasteiger partial charge in [0.05, 0.1) is 26.9 Å². The van der Waals surface area contributed by atoms with E-state index in [0.29, 0.717) is 0 Å². The van der Waals surface area contributed by atoms with Gasteiger partial charge in [-0.3, -0.25) is 4.79 Å². The van der Waals surface area contributed by atoms with Crippen LogP contribution in [0.1, 0.15) is 11.1 Å². The number of benzene rings is 2. The van der Waals surface area contributed by atoms with Gasteiger partial charge in [0.2, 0.25) is 5.91 Å². The lowest BCUT2D eigenvalue weighted by molar-refractivity contribution is -0.120. The van der Waals surface area contributed by atoms with E-state index in [4.69, 9.17) is 9.47 Å². The summed E-state index contributed by atoms with van der Waals surface area (Å²) in [5.74, 6) is 1.37. The first kappa shape index (κ1) is 15.6. The molecule has 0 atom stereocenters. The van der Waals surface area contributed by atoms with Crippen LogP contribution in [0.15, 0.2) is 53.6 Å².